The van der Waals surface area contributed by atoms with Gasteiger partial charge in [0.15, 0.2) is 0 Å². The van der Waals surface area contributed by atoms with Crippen LogP contribution in [-0.2, 0) is 0 Å². The van der Waals surface area contributed by atoms with E-state index in [9.17, 15) is 0 Å². The monoisotopic (exact) mass is 488 g/mol. The van der Waals surface area contributed by atoms with Gasteiger partial charge in [-0.1, -0.05) is 117 Å². The first kappa shape index (κ1) is 18.9. The van der Waals surface area contributed by atoms with Gasteiger partial charge in [0.25, 0.3) is 0 Å². The molecule has 0 aliphatic heterocycles. The third-order valence-corrected chi connectivity index (χ3v) is 5.70. The first-order valence-corrected chi connectivity index (χ1v) is 10.7. The molecule has 0 N–H and O–H groups in total. The molecule has 0 aliphatic rings. The summed E-state index contributed by atoms with van der Waals surface area (Å²) in [7, 11) is 0. The normalized spacial score (nSPS) is 11.6. The Labute approximate surface area is 182 Å². The number of halogens is 2. The van der Waals surface area contributed by atoms with Crippen molar-refractivity contribution in [2.24, 2.45) is 0 Å². The summed E-state index contributed by atoms with van der Waals surface area (Å²) in [6, 6.07) is 29.7. The Balaban J connectivity index is 1.68. The zero-order chi connectivity index (χ0) is 19.3. The van der Waals surface area contributed by atoms with Gasteiger partial charge in [-0.2, -0.15) is 0 Å². The van der Waals surface area contributed by atoms with Crippen molar-refractivity contribution < 1.29 is 0 Å². The molecule has 4 rings (SSSR count). The van der Waals surface area contributed by atoms with E-state index in [0.29, 0.717) is 0 Å². The highest BCUT2D eigenvalue weighted by Crippen LogP contribution is 2.26. The van der Waals surface area contributed by atoms with E-state index in [-0.39, 0.29) is 0 Å². The van der Waals surface area contributed by atoms with Crippen molar-refractivity contribution in [1.29, 1.82) is 0 Å². The lowest BCUT2D eigenvalue weighted by Gasteiger charge is -2.07. The summed E-state index contributed by atoms with van der Waals surface area (Å²) in [5.74, 6) is 0. The molecule has 136 valence electrons. The fraction of sp³-hybridized carbons (Fsp3) is 0. The SMILES string of the molecule is Brc1ccc(/C=C/c2ccc(/C=C/c3ccc(Br)cc3)c3ccccc23)cc1. The zero-order valence-electron chi connectivity index (χ0n) is 15.1. The van der Waals surface area contributed by atoms with Crippen molar-refractivity contribution >= 4 is 66.9 Å². The van der Waals surface area contributed by atoms with Gasteiger partial charge in [0.1, 0.15) is 0 Å². The number of hydrogen-bond donors (Lipinski definition) is 0. The minimum atomic E-state index is 1.09. The maximum Gasteiger partial charge on any atom is 0.0175 e. The molecule has 0 saturated heterocycles. The number of benzene rings is 4. The van der Waals surface area contributed by atoms with Gasteiger partial charge in [-0.25, -0.2) is 0 Å². The van der Waals surface area contributed by atoms with Crippen molar-refractivity contribution in [1.82, 2.24) is 0 Å². The Kier molecular flexibility index (Phi) is 5.90. The Morgan fingerprint density at radius 3 is 1.21 bits per heavy atom. The molecule has 0 nitrogen and oxygen atoms in total. The highest BCUT2D eigenvalue weighted by molar-refractivity contribution is 9.10. The molecule has 4 aromatic carbocycles. The summed E-state index contributed by atoms with van der Waals surface area (Å²) in [5, 5.41) is 2.52. The molecule has 0 fully saturated rings. The highest BCUT2D eigenvalue weighted by atomic mass is 79.9. The molecule has 0 amide bonds. The quantitative estimate of drug-likeness (QED) is 0.251. The second-order valence-electron chi connectivity index (χ2n) is 6.56. The summed E-state index contributed by atoms with van der Waals surface area (Å²) in [4.78, 5) is 0. The second kappa shape index (κ2) is 8.72. The molecule has 2 heteroatoms. The topological polar surface area (TPSA) is 0 Å². The smallest absolute Gasteiger partial charge is 0.0175 e. The molecule has 0 bridgehead atoms. The van der Waals surface area contributed by atoms with Gasteiger partial charge in [0.2, 0.25) is 0 Å². The Morgan fingerprint density at radius 1 is 0.429 bits per heavy atom. The van der Waals surface area contributed by atoms with Crippen LogP contribution in [0.3, 0.4) is 0 Å². The van der Waals surface area contributed by atoms with Crippen molar-refractivity contribution in [2.45, 2.75) is 0 Å². The summed E-state index contributed by atoms with van der Waals surface area (Å²) in [5.41, 5.74) is 4.82. The van der Waals surface area contributed by atoms with E-state index in [2.05, 4.69) is 141 Å². The van der Waals surface area contributed by atoms with Crippen molar-refractivity contribution in [3.63, 3.8) is 0 Å². The van der Waals surface area contributed by atoms with Crippen LogP contribution in [0.4, 0.5) is 0 Å². The lowest BCUT2D eigenvalue weighted by atomic mass is 9.98. The number of hydrogen-bond acceptors (Lipinski definition) is 0. The lowest BCUT2D eigenvalue weighted by Crippen LogP contribution is -1.83. The maximum atomic E-state index is 3.48. The fourth-order valence-corrected chi connectivity index (χ4v) is 3.68. The van der Waals surface area contributed by atoms with Crippen LogP contribution < -0.4 is 0 Å². The standard InChI is InChI=1S/C26H18Br2/c27-23-15-7-19(8-16-23)5-11-21-13-14-22(26-4-2-1-3-25(21)26)12-6-20-9-17-24(28)18-10-20/h1-18H/b11-5+,12-6+. The molecule has 0 aliphatic carbocycles. The summed E-state index contributed by atoms with van der Waals surface area (Å²) in [6.07, 6.45) is 8.69. The average Bonchev–Trinajstić information content (AvgIpc) is 2.73. The van der Waals surface area contributed by atoms with E-state index >= 15 is 0 Å². The van der Waals surface area contributed by atoms with Crippen LogP contribution in [0.5, 0.6) is 0 Å². The van der Waals surface area contributed by atoms with Crippen molar-refractivity contribution in [2.75, 3.05) is 0 Å². The van der Waals surface area contributed by atoms with Gasteiger partial charge in [0.05, 0.1) is 0 Å². The van der Waals surface area contributed by atoms with E-state index in [4.69, 9.17) is 0 Å². The molecule has 0 heterocycles. The molecule has 0 atom stereocenters. The van der Waals surface area contributed by atoms with Crippen LogP contribution in [0.2, 0.25) is 0 Å². The lowest BCUT2D eigenvalue weighted by molar-refractivity contribution is 1.61. The van der Waals surface area contributed by atoms with E-state index in [0.717, 1.165) is 8.95 Å². The van der Waals surface area contributed by atoms with E-state index in [1.54, 1.807) is 0 Å². The van der Waals surface area contributed by atoms with E-state index in [1.807, 2.05) is 0 Å². The molecule has 28 heavy (non-hydrogen) atoms. The minimum absolute atomic E-state index is 1.09. The van der Waals surface area contributed by atoms with Crippen LogP contribution in [0, 0.1) is 0 Å². The molecule has 0 radical (unpaired) electrons. The Hall–Kier alpha value is -2.42. The largest absolute Gasteiger partial charge is 0.0616 e. The van der Waals surface area contributed by atoms with Gasteiger partial charge < -0.3 is 0 Å². The van der Waals surface area contributed by atoms with Gasteiger partial charge in [0, 0.05) is 8.95 Å². The third-order valence-electron chi connectivity index (χ3n) is 4.64. The van der Waals surface area contributed by atoms with Gasteiger partial charge in [-0.3, -0.25) is 0 Å². The van der Waals surface area contributed by atoms with Crippen LogP contribution in [-0.4, -0.2) is 0 Å². The number of rotatable bonds is 4. The molecule has 0 spiro atoms. The summed E-state index contributed by atoms with van der Waals surface area (Å²) in [6.45, 7) is 0. The van der Waals surface area contributed by atoms with Crippen LogP contribution >= 0.6 is 31.9 Å². The number of fused-ring (bicyclic) bond motifs is 1. The average molecular weight is 490 g/mol. The second-order valence-corrected chi connectivity index (χ2v) is 8.39. The zero-order valence-corrected chi connectivity index (χ0v) is 18.3. The Morgan fingerprint density at radius 2 is 0.821 bits per heavy atom. The van der Waals surface area contributed by atoms with E-state index < -0.39 is 0 Å². The third kappa shape index (κ3) is 4.52. The van der Waals surface area contributed by atoms with Crippen LogP contribution in [0.25, 0.3) is 35.1 Å². The van der Waals surface area contributed by atoms with E-state index in [1.165, 1.54) is 33.0 Å². The van der Waals surface area contributed by atoms with Crippen molar-refractivity contribution in [3.8, 4) is 0 Å². The molecule has 4 aromatic rings. The Bertz CT molecular complexity index is 1060. The molecular weight excluding hydrogens is 472 g/mol. The fourth-order valence-electron chi connectivity index (χ4n) is 3.16. The van der Waals surface area contributed by atoms with Gasteiger partial charge in [-0.15, -0.1) is 0 Å². The molecular formula is C26H18Br2. The predicted octanol–water partition coefficient (Wildman–Crippen LogP) is 8.71. The van der Waals surface area contributed by atoms with Crippen molar-refractivity contribution in [3.05, 3.63) is 116 Å². The molecule has 0 saturated carbocycles. The minimum Gasteiger partial charge on any atom is -0.0616 e. The van der Waals surface area contributed by atoms with Crippen LogP contribution in [0.15, 0.2) is 93.9 Å². The highest BCUT2D eigenvalue weighted by Gasteiger charge is 2.02. The summed E-state index contributed by atoms with van der Waals surface area (Å²) < 4.78 is 2.19. The first-order valence-electron chi connectivity index (χ1n) is 9.08. The summed E-state index contributed by atoms with van der Waals surface area (Å²) >= 11 is 6.97. The van der Waals surface area contributed by atoms with Gasteiger partial charge in [-0.05, 0) is 57.3 Å². The maximum absolute atomic E-state index is 3.48. The van der Waals surface area contributed by atoms with Crippen LogP contribution in [0.1, 0.15) is 22.3 Å². The van der Waals surface area contributed by atoms with Gasteiger partial charge >= 0.3 is 0 Å². The molecule has 0 aromatic heterocycles. The first-order chi connectivity index (χ1) is 13.7. The predicted molar refractivity (Wildman–Crippen MR) is 130 cm³/mol. The molecule has 0 unspecified atom stereocenters.